The molecule has 0 fully saturated rings. The first kappa shape index (κ1) is 10.3. The SMILES string of the molecule is CN1C(=O)CCC=C1C(C)(C)CO. The van der Waals surface area contributed by atoms with Crippen LogP contribution in [0.2, 0.25) is 0 Å². The summed E-state index contributed by atoms with van der Waals surface area (Å²) in [7, 11) is 1.77. The van der Waals surface area contributed by atoms with E-state index in [0.717, 1.165) is 12.1 Å². The zero-order valence-electron chi connectivity index (χ0n) is 8.50. The summed E-state index contributed by atoms with van der Waals surface area (Å²) in [5, 5.41) is 9.17. The van der Waals surface area contributed by atoms with Crippen molar-refractivity contribution in [3.8, 4) is 0 Å². The zero-order valence-corrected chi connectivity index (χ0v) is 8.50. The molecule has 1 aliphatic rings. The molecule has 0 bridgehead atoms. The second-order valence-corrected chi connectivity index (χ2v) is 4.12. The Kier molecular flexibility index (Phi) is 2.76. The molecule has 1 aliphatic heterocycles. The van der Waals surface area contributed by atoms with Crippen LogP contribution in [-0.4, -0.2) is 29.6 Å². The number of rotatable bonds is 2. The van der Waals surface area contributed by atoms with Crippen LogP contribution >= 0.6 is 0 Å². The largest absolute Gasteiger partial charge is 0.395 e. The van der Waals surface area contributed by atoms with Crippen LogP contribution in [0.1, 0.15) is 26.7 Å². The van der Waals surface area contributed by atoms with Gasteiger partial charge in [0.2, 0.25) is 5.91 Å². The Morgan fingerprint density at radius 2 is 2.23 bits per heavy atom. The molecule has 1 amide bonds. The summed E-state index contributed by atoms with van der Waals surface area (Å²) in [6, 6.07) is 0. The lowest BCUT2D eigenvalue weighted by Gasteiger charge is -2.35. The summed E-state index contributed by atoms with van der Waals surface area (Å²) in [5.74, 6) is 0.138. The predicted octanol–water partition coefficient (Wildman–Crippen LogP) is 1.14. The van der Waals surface area contributed by atoms with Crippen LogP contribution in [0.3, 0.4) is 0 Å². The van der Waals surface area contributed by atoms with Gasteiger partial charge in [0.05, 0.1) is 6.61 Å². The highest BCUT2D eigenvalue weighted by Crippen LogP contribution is 2.31. The molecule has 0 radical (unpaired) electrons. The number of aliphatic hydroxyl groups excluding tert-OH is 1. The molecule has 1 rings (SSSR count). The van der Waals surface area contributed by atoms with E-state index in [-0.39, 0.29) is 17.9 Å². The number of amides is 1. The third kappa shape index (κ3) is 1.91. The maximum absolute atomic E-state index is 11.4. The van der Waals surface area contributed by atoms with Crippen molar-refractivity contribution in [2.24, 2.45) is 5.41 Å². The minimum absolute atomic E-state index is 0.0659. The highest BCUT2D eigenvalue weighted by Gasteiger charge is 2.29. The van der Waals surface area contributed by atoms with Crippen molar-refractivity contribution in [1.29, 1.82) is 0 Å². The number of allylic oxidation sites excluding steroid dienone is 1. The molecule has 1 heterocycles. The number of aliphatic hydroxyl groups is 1. The van der Waals surface area contributed by atoms with Gasteiger partial charge >= 0.3 is 0 Å². The topological polar surface area (TPSA) is 40.5 Å². The quantitative estimate of drug-likeness (QED) is 0.697. The van der Waals surface area contributed by atoms with Gasteiger partial charge in [-0.15, -0.1) is 0 Å². The molecule has 3 heteroatoms. The van der Waals surface area contributed by atoms with Gasteiger partial charge in [0.1, 0.15) is 0 Å². The van der Waals surface area contributed by atoms with Gasteiger partial charge in [-0.05, 0) is 6.42 Å². The average Bonchev–Trinajstić information content (AvgIpc) is 2.09. The number of nitrogens with zero attached hydrogens (tertiary/aromatic N) is 1. The fourth-order valence-corrected chi connectivity index (χ4v) is 1.58. The second kappa shape index (κ2) is 3.50. The van der Waals surface area contributed by atoms with E-state index < -0.39 is 0 Å². The highest BCUT2D eigenvalue weighted by molar-refractivity contribution is 5.79. The monoisotopic (exact) mass is 183 g/mol. The van der Waals surface area contributed by atoms with Gasteiger partial charge in [-0.3, -0.25) is 4.79 Å². The van der Waals surface area contributed by atoms with Crippen molar-refractivity contribution < 1.29 is 9.90 Å². The van der Waals surface area contributed by atoms with Crippen molar-refractivity contribution in [1.82, 2.24) is 4.90 Å². The van der Waals surface area contributed by atoms with Crippen LogP contribution < -0.4 is 0 Å². The predicted molar refractivity (Wildman–Crippen MR) is 51.0 cm³/mol. The molecular formula is C10H17NO2. The van der Waals surface area contributed by atoms with Crippen molar-refractivity contribution in [2.45, 2.75) is 26.7 Å². The molecular weight excluding hydrogens is 166 g/mol. The van der Waals surface area contributed by atoms with Crippen LogP contribution in [-0.2, 0) is 4.79 Å². The minimum Gasteiger partial charge on any atom is -0.395 e. The fraction of sp³-hybridized carbons (Fsp3) is 0.700. The third-order valence-corrected chi connectivity index (χ3v) is 2.52. The summed E-state index contributed by atoms with van der Waals surface area (Å²) < 4.78 is 0. The van der Waals surface area contributed by atoms with Crippen molar-refractivity contribution in [3.63, 3.8) is 0 Å². The third-order valence-electron chi connectivity index (χ3n) is 2.52. The fourth-order valence-electron chi connectivity index (χ4n) is 1.58. The summed E-state index contributed by atoms with van der Waals surface area (Å²) in [5.41, 5.74) is 0.622. The molecule has 0 unspecified atom stereocenters. The molecule has 3 nitrogen and oxygen atoms in total. The average molecular weight is 183 g/mol. The number of hydrogen-bond acceptors (Lipinski definition) is 2. The van der Waals surface area contributed by atoms with E-state index in [1.54, 1.807) is 11.9 Å². The van der Waals surface area contributed by atoms with Crippen LogP contribution in [0.5, 0.6) is 0 Å². The van der Waals surface area contributed by atoms with E-state index in [2.05, 4.69) is 0 Å². The maximum atomic E-state index is 11.4. The minimum atomic E-state index is -0.315. The molecule has 0 aromatic rings. The lowest BCUT2D eigenvalue weighted by atomic mass is 9.87. The summed E-state index contributed by atoms with van der Waals surface area (Å²) >= 11 is 0. The summed E-state index contributed by atoms with van der Waals surface area (Å²) in [6.45, 7) is 3.94. The molecule has 74 valence electrons. The molecule has 0 atom stereocenters. The Morgan fingerprint density at radius 1 is 1.62 bits per heavy atom. The molecule has 13 heavy (non-hydrogen) atoms. The smallest absolute Gasteiger partial charge is 0.226 e. The first-order chi connectivity index (χ1) is 5.99. The van der Waals surface area contributed by atoms with Gasteiger partial charge in [-0.2, -0.15) is 0 Å². The van der Waals surface area contributed by atoms with E-state index in [1.165, 1.54) is 0 Å². The molecule has 1 N–H and O–H groups in total. The van der Waals surface area contributed by atoms with Crippen LogP contribution in [0.4, 0.5) is 0 Å². The summed E-state index contributed by atoms with van der Waals surface area (Å²) in [6.07, 6.45) is 3.42. The molecule has 0 aromatic heterocycles. The van der Waals surface area contributed by atoms with E-state index in [0.29, 0.717) is 6.42 Å². The molecule has 0 aliphatic carbocycles. The zero-order chi connectivity index (χ0) is 10.1. The normalized spacial score (nSPS) is 18.9. The summed E-state index contributed by atoms with van der Waals surface area (Å²) in [4.78, 5) is 13.0. The molecule has 0 aromatic carbocycles. The van der Waals surface area contributed by atoms with Crippen molar-refractivity contribution in [3.05, 3.63) is 11.8 Å². The molecule has 0 spiro atoms. The Labute approximate surface area is 79.0 Å². The standard InChI is InChI=1S/C10H17NO2/c1-10(2,7-12)8-5-4-6-9(13)11(8)3/h5,12H,4,6-7H2,1-3H3. The van der Waals surface area contributed by atoms with E-state index in [9.17, 15) is 9.90 Å². The lowest BCUT2D eigenvalue weighted by Crippen LogP contribution is -2.37. The number of hydrogen-bond donors (Lipinski definition) is 1. The second-order valence-electron chi connectivity index (χ2n) is 4.12. The van der Waals surface area contributed by atoms with Gasteiger partial charge in [-0.1, -0.05) is 19.9 Å². The first-order valence-corrected chi connectivity index (χ1v) is 4.57. The number of carbonyl (C=O) groups is 1. The first-order valence-electron chi connectivity index (χ1n) is 4.57. The Bertz CT molecular complexity index is 243. The molecule has 0 saturated carbocycles. The van der Waals surface area contributed by atoms with E-state index >= 15 is 0 Å². The maximum Gasteiger partial charge on any atom is 0.226 e. The van der Waals surface area contributed by atoms with E-state index in [4.69, 9.17) is 0 Å². The van der Waals surface area contributed by atoms with Crippen molar-refractivity contribution >= 4 is 5.91 Å². The van der Waals surface area contributed by atoms with Gasteiger partial charge in [0, 0.05) is 24.6 Å². The van der Waals surface area contributed by atoms with Crippen LogP contribution in [0.15, 0.2) is 11.8 Å². The number of carbonyl (C=O) groups excluding carboxylic acids is 1. The molecule has 0 saturated heterocycles. The van der Waals surface area contributed by atoms with E-state index in [1.807, 2.05) is 19.9 Å². The van der Waals surface area contributed by atoms with Gasteiger partial charge in [0.25, 0.3) is 0 Å². The Hall–Kier alpha value is -0.830. The Balaban J connectivity index is 2.91. The van der Waals surface area contributed by atoms with Crippen molar-refractivity contribution in [2.75, 3.05) is 13.7 Å². The highest BCUT2D eigenvalue weighted by atomic mass is 16.3. The Morgan fingerprint density at radius 3 is 2.77 bits per heavy atom. The van der Waals surface area contributed by atoms with Crippen LogP contribution in [0.25, 0.3) is 0 Å². The van der Waals surface area contributed by atoms with Gasteiger partial charge in [0.15, 0.2) is 0 Å². The van der Waals surface area contributed by atoms with Crippen LogP contribution in [0, 0.1) is 5.41 Å². The lowest BCUT2D eigenvalue weighted by molar-refractivity contribution is -0.129. The van der Waals surface area contributed by atoms with Gasteiger partial charge < -0.3 is 10.0 Å². The van der Waals surface area contributed by atoms with Gasteiger partial charge in [-0.25, -0.2) is 0 Å².